The van der Waals surface area contributed by atoms with Crippen LogP contribution in [0.3, 0.4) is 0 Å². The SMILES string of the molecule is CC(CS(C)=O)NC(=O)c1ccc(F)cc1. The number of carbonyl (C=O) groups is 1. The third-order valence-corrected chi connectivity index (χ3v) is 2.94. The summed E-state index contributed by atoms with van der Waals surface area (Å²) in [4.78, 5) is 11.6. The number of carbonyl (C=O) groups excluding carboxylic acids is 1. The van der Waals surface area contributed by atoms with Crippen molar-refractivity contribution >= 4 is 16.7 Å². The van der Waals surface area contributed by atoms with Crippen molar-refractivity contribution in [2.45, 2.75) is 13.0 Å². The summed E-state index contributed by atoms with van der Waals surface area (Å²) in [5.74, 6) is -0.246. The van der Waals surface area contributed by atoms with Crippen molar-refractivity contribution in [2.75, 3.05) is 12.0 Å². The molecule has 1 aromatic carbocycles. The van der Waals surface area contributed by atoms with Crippen molar-refractivity contribution in [1.29, 1.82) is 0 Å². The van der Waals surface area contributed by atoms with Gasteiger partial charge in [-0.1, -0.05) is 0 Å². The van der Waals surface area contributed by atoms with Gasteiger partial charge in [-0.05, 0) is 31.2 Å². The number of hydrogen-bond donors (Lipinski definition) is 1. The maximum atomic E-state index is 12.6. The van der Waals surface area contributed by atoms with E-state index in [9.17, 15) is 13.4 Å². The highest BCUT2D eigenvalue weighted by atomic mass is 32.2. The lowest BCUT2D eigenvalue weighted by Crippen LogP contribution is -2.36. The summed E-state index contributed by atoms with van der Waals surface area (Å²) < 4.78 is 23.5. The number of hydrogen-bond acceptors (Lipinski definition) is 2. The Labute approximate surface area is 96.5 Å². The second-order valence-electron chi connectivity index (χ2n) is 3.62. The summed E-state index contributed by atoms with van der Waals surface area (Å²) in [5.41, 5.74) is 0.398. The molecule has 5 heteroatoms. The maximum absolute atomic E-state index is 12.6. The molecule has 2 unspecified atom stereocenters. The molecule has 2 atom stereocenters. The zero-order valence-electron chi connectivity index (χ0n) is 9.20. The van der Waals surface area contributed by atoms with E-state index in [1.807, 2.05) is 0 Å². The first-order valence-corrected chi connectivity index (χ1v) is 6.58. The fourth-order valence-electron chi connectivity index (χ4n) is 1.30. The van der Waals surface area contributed by atoms with E-state index in [0.29, 0.717) is 11.3 Å². The standard InChI is InChI=1S/C11H14FNO2S/c1-8(7-16(2)15)13-11(14)9-3-5-10(12)6-4-9/h3-6,8H,7H2,1-2H3,(H,13,14). The Morgan fingerprint density at radius 3 is 2.50 bits per heavy atom. The summed E-state index contributed by atoms with van der Waals surface area (Å²) in [6, 6.07) is 5.14. The average Bonchev–Trinajstić information content (AvgIpc) is 2.16. The Bertz CT molecular complexity index is 391. The quantitative estimate of drug-likeness (QED) is 0.867. The molecule has 0 aliphatic carbocycles. The Balaban J connectivity index is 2.58. The van der Waals surface area contributed by atoms with Crippen LogP contribution in [0.1, 0.15) is 17.3 Å². The summed E-state index contributed by atoms with van der Waals surface area (Å²) >= 11 is 0. The highest BCUT2D eigenvalue weighted by Gasteiger charge is 2.10. The zero-order chi connectivity index (χ0) is 12.1. The van der Waals surface area contributed by atoms with Gasteiger partial charge in [0.05, 0.1) is 0 Å². The smallest absolute Gasteiger partial charge is 0.251 e. The van der Waals surface area contributed by atoms with Gasteiger partial charge in [0.25, 0.3) is 5.91 Å². The molecule has 0 saturated carbocycles. The van der Waals surface area contributed by atoms with Crippen LogP contribution < -0.4 is 5.32 Å². The van der Waals surface area contributed by atoms with E-state index in [-0.39, 0.29) is 17.8 Å². The molecule has 0 fully saturated rings. The van der Waals surface area contributed by atoms with Crippen LogP contribution in [0.25, 0.3) is 0 Å². The third kappa shape index (κ3) is 4.10. The second-order valence-corrected chi connectivity index (χ2v) is 5.10. The topological polar surface area (TPSA) is 46.2 Å². The van der Waals surface area contributed by atoms with Gasteiger partial charge in [0.1, 0.15) is 5.82 Å². The fourth-order valence-corrected chi connectivity index (χ4v) is 2.09. The molecular weight excluding hydrogens is 229 g/mol. The van der Waals surface area contributed by atoms with Crippen LogP contribution >= 0.6 is 0 Å². The van der Waals surface area contributed by atoms with Gasteiger partial charge in [-0.2, -0.15) is 0 Å². The molecule has 1 rings (SSSR count). The fraction of sp³-hybridized carbons (Fsp3) is 0.364. The van der Waals surface area contributed by atoms with Crippen molar-refractivity contribution in [1.82, 2.24) is 5.32 Å². The predicted octanol–water partition coefficient (Wildman–Crippen LogP) is 1.32. The van der Waals surface area contributed by atoms with Gasteiger partial charge < -0.3 is 5.32 Å². The molecule has 1 amide bonds. The molecule has 0 aliphatic heterocycles. The summed E-state index contributed by atoms with van der Waals surface area (Å²) in [5, 5.41) is 2.69. The lowest BCUT2D eigenvalue weighted by Gasteiger charge is -2.12. The van der Waals surface area contributed by atoms with Crippen LogP contribution in [0.5, 0.6) is 0 Å². The van der Waals surface area contributed by atoms with E-state index >= 15 is 0 Å². The lowest BCUT2D eigenvalue weighted by atomic mass is 10.2. The van der Waals surface area contributed by atoms with Crippen LogP contribution in [-0.2, 0) is 10.8 Å². The zero-order valence-corrected chi connectivity index (χ0v) is 10.0. The van der Waals surface area contributed by atoms with Crippen LogP contribution in [0, 0.1) is 5.82 Å². The number of benzene rings is 1. The lowest BCUT2D eigenvalue weighted by molar-refractivity contribution is 0.0943. The molecule has 1 N–H and O–H groups in total. The number of rotatable bonds is 4. The maximum Gasteiger partial charge on any atom is 0.251 e. The van der Waals surface area contributed by atoms with Crippen LogP contribution in [0.2, 0.25) is 0 Å². The molecule has 88 valence electrons. The van der Waals surface area contributed by atoms with Gasteiger partial charge in [0.2, 0.25) is 0 Å². The van der Waals surface area contributed by atoms with E-state index < -0.39 is 10.8 Å². The van der Waals surface area contributed by atoms with E-state index in [4.69, 9.17) is 0 Å². The van der Waals surface area contributed by atoms with Gasteiger partial charge >= 0.3 is 0 Å². The minimum Gasteiger partial charge on any atom is -0.349 e. The van der Waals surface area contributed by atoms with Crippen molar-refractivity contribution in [3.63, 3.8) is 0 Å². The molecule has 0 radical (unpaired) electrons. The largest absolute Gasteiger partial charge is 0.349 e. The van der Waals surface area contributed by atoms with Gasteiger partial charge in [-0.3, -0.25) is 9.00 Å². The molecular formula is C11H14FNO2S. The number of halogens is 1. The minimum atomic E-state index is -0.947. The molecule has 16 heavy (non-hydrogen) atoms. The first-order chi connectivity index (χ1) is 7.49. The van der Waals surface area contributed by atoms with Gasteiger partial charge in [-0.15, -0.1) is 0 Å². The molecule has 3 nitrogen and oxygen atoms in total. The van der Waals surface area contributed by atoms with Gasteiger partial charge in [0, 0.05) is 34.4 Å². The Hall–Kier alpha value is -1.23. The Morgan fingerprint density at radius 1 is 1.44 bits per heavy atom. The summed E-state index contributed by atoms with van der Waals surface area (Å²) in [6.07, 6.45) is 1.58. The highest BCUT2D eigenvalue weighted by Crippen LogP contribution is 2.03. The first-order valence-electron chi connectivity index (χ1n) is 4.85. The molecule has 0 aromatic heterocycles. The predicted molar refractivity (Wildman–Crippen MR) is 62.3 cm³/mol. The Kier molecular flexibility index (Phi) is 4.61. The molecule has 0 spiro atoms. The van der Waals surface area contributed by atoms with Gasteiger partial charge in [0.15, 0.2) is 0 Å². The van der Waals surface area contributed by atoms with E-state index in [2.05, 4.69) is 5.32 Å². The molecule has 0 aliphatic rings. The van der Waals surface area contributed by atoms with Crippen molar-refractivity contribution in [2.24, 2.45) is 0 Å². The van der Waals surface area contributed by atoms with Crippen molar-refractivity contribution < 1.29 is 13.4 Å². The summed E-state index contributed by atoms with van der Waals surface area (Å²) in [6.45, 7) is 1.78. The second kappa shape index (κ2) is 5.75. The number of amides is 1. The highest BCUT2D eigenvalue weighted by molar-refractivity contribution is 7.84. The first kappa shape index (κ1) is 12.8. The molecule has 0 heterocycles. The van der Waals surface area contributed by atoms with Crippen molar-refractivity contribution in [3.05, 3.63) is 35.6 Å². The minimum absolute atomic E-state index is 0.164. The Morgan fingerprint density at radius 2 is 2.00 bits per heavy atom. The van der Waals surface area contributed by atoms with E-state index in [0.717, 1.165) is 0 Å². The normalized spacial score (nSPS) is 14.2. The van der Waals surface area contributed by atoms with E-state index in [1.54, 1.807) is 13.2 Å². The van der Waals surface area contributed by atoms with Gasteiger partial charge in [-0.25, -0.2) is 4.39 Å². The molecule has 0 saturated heterocycles. The van der Waals surface area contributed by atoms with Crippen LogP contribution in [0.15, 0.2) is 24.3 Å². The van der Waals surface area contributed by atoms with E-state index in [1.165, 1.54) is 24.3 Å². The average molecular weight is 243 g/mol. The molecule has 1 aromatic rings. The van der Waals surface area contributed by atoms with Crippen molar-refractivity contribution in [3.8, 4) is 0 Å². The van der Waals surface area contributed by atoms with Crippen LogP contribution in [-0.4, -0.2) is 28.2 Å². The molecule has 0 bridgehead atoms. The van der Waals surface area contributed by atoms with Crippen LogP contribution in [0.4, 0.5) is 4.39 Å². The number of nitrogens with one attached hydrogen (secondary N) is 1. The monoisotopic (exact) mass is 243 g/mol. The summed E-state index contributed by atoms with van der Waals surface area (Å²) in [7, 11) is -0.947. The third-order valence-electron chi connectivity index (χ3n) is 1.97.